The molecule has 4 atom stereocenters. The van der Waals surface area contributed by atoms with Gasteiger partial charge in [-0.2, -0.15) is 0 Å². The third kappa shape index (κ3) is 3.04. The number of esters is 1. The molecule has 4 aliphatic rings. The van der Waals surface area contributed by atoms with Gasteiger partial charge in [-0.3, -0.25) is 4.79 Å². The van der Waals surface area contributed by atoms with Crippen LogP contribution in [0.5, 0.6) is 0 Å². The Morgan fingerprint density at radius 2 is 1.87 bits per heavy atom. The van der Waals surface area contributed by atoms with Crippen LogP contribution in [0, 0.1) is 28.1 Å². The normalized spacial score (nSPS) is 39.2. The van der Waals surface area contributed by atoms with Gasteiger partial charge in [0, 0.05) is 23.7 Å². The standard InChI is InChI=1S/C26H40O4/c1-7-28-22(27)11-9-19-8-10-21-24(5,18(19)2)13-12-20-23(3,4)26(29-16-17-30-26)15-14-25(20,21)6/h10,19-20H,2,7-9,11-17H2,1,3-6H3/t19-,20+,24+,25+/m1/s1. The van der Waals surface area contributed by atoms with Crippen molar-refractivity contribution in [2.24, 2.45) is 28.1 Å². The van der Waals surface area contributed by atoms with Crippen LogP contribution in [-0.2, 0) is 19.0 Å². The molecule has 168 valence electrons. The molecule has 0 N–H and O–H groups in total. The lowest BCUT2D eigenvalue weighted by molar-refractivity contribution is -0.284. The molecule has 30 heavy (non-hydrogen) atoms. The maximum atomic E-state index is 11.9. The molecule has 0 unspecified atom stereocenters. The minimum atomic E-state index is -0.417. The minimum absolute atomic E-state index is 0.0270. The van der Waals surface area contributed by atoms with Crippen LogP contribution in [0.25, 0.3) is 0 Å². The molecular weight excluding hydrogens is 376 g/mol. The van der Waals surface area contributed by atoms with Crippen LogP contribution in [0.4, 0.5) is 0 Å². The van der Waals surface area contributed by atoms with E-state index in [2.05, 4.69) is 40.3 Å². The molecule has 0 aromatic heterocycles. The molecule has 4 heteroatoms. The molecule has 1 aliphatic heterocycles. The summed E-state index contributed by atoms with van der Waals surface area (Å²) < 4.78 is 17.7. The molecule has 0 bridgehead atoms. The monoisotopic (exact) mass is 416 g/mol. The minimum Gasteiger partial charge on any atom is -0.466 e. The summed E-state index contributed by atoms with van der Waals surface area (Å²) in [5.74, 6) is 0.392. The van der Waals surface area contributed by atoms with Crippen molar-refractivity contribution in [2.45, 2.75) is 85.4 Å². The quantitative estimate of drug-likeness (QED) is 0.428. The summed E-state index contributed by atoms with van der Waals surface area (Å²) in [6.45, 7) is 18.0. The largest absolute Gasteiger partial charge is 0.466 e. The molecule has 1 saturated heterocycles. The fraction of sp³-hybridized carbons (Fsp3) is 0.808. The van der Waals surface area contributed by atoms with Crippen molar-refractivity contribution in [2.75, 3.05) is 19.8 Å². The first-order chi connectivity index (χ1) is 14.1. The number of hydrogen-bond acceptors (Lipinski definition) is 4. The van der Waals surface area contributed by atoms with Crippen LogP contribution in [0.15, 0.2) is 23.8 Å². The molecule has 3 fully saturated rings. The first-order valence-corrected chi connectivity index (χ1v) is 11.9. The van der Waals surface area contributed by atoms with Crippen LogP contribution in [-0.4, -0.2) is 31.6 Å². The first-order valence-electron chi connectivity index (χ1n) is 11.9. The molecule has 0 amide bonds. The molecule has 3 aliphatic carbocycles. The van der Waals surface area contributed by atoms with Crippen LogP contribution < -0.4 is 0 Å². The summed E-state index contributed by atoms with van der Waals surface area (Å²) in [6.07, 6.45) is 9.17. The summed E-state index contributed by atoms with van der Waals surface area (Å²) in [5.41, 5.74) is 3.06. The van der Waals surface area contributed by atoms with E-state index in [0.29, 0.717) is 38.1 Å². The SMILES string of the molecule is C=C1[C@@H](CCC(=O)OCC)CC=C2[C@@]1(C)CC[C@H]1C(C)(C)C3(CC[C@]21C)OCCO3. The van der Waals surface area contributed by atoms with Gasteiger partial charge in [0.1, 0.15) is 0 Å². The molecule has 2 saturated carbocycles. The van der Waals surface area contributed by atoms with Crippen LogP contribution in [0.3, 0.4) is 0 Å². The third-order valence-electron chi connectivity index (χ3n) is 9.30. The maximum Gasteiger partial charge on any atom is 0.305 e. The number of carbonyl (C=O) groups is 1. The zero-order valence-electron chi connectivity index (χ0n) is 19.6. The highest BCUT2D eigenvalue weighted by Crippen LogP contribution is 2.70. The summed E-state index contributed by atoms with van der Waals surface area (Å²) >= 11 is 0. The summed E-state index contributed by atoms with van der Waals surface area (Å²) in [7, 11) is 0. The highest BCUT2D eigenvalue weighted by molar-refractivity contribution is 5.69. The van der Waals surface area contributed by atoms with E-state index >= 15 is 0 Å². The number of ether oxygens (including phenoxy) is 3. The molecule has 0 aromatic carbocycles. The lowest BCUT2D eigenvalue weighted by atomic mass is 9.42. The predicted octanol–water partition coefficient (Wildman–Crippen LogP) is 5.82. The number of allylic oxidation sites excluding steroid dienone is 3. The second kappa shape index (κ2) is 7.48. The average molecular weight is 417 g/mol. The number of hydrogen-bond donors (Lipinski definition) is 0. The molecule has 0 aromatic rings. The second-order valence-corrected chi connectivity index (χ2v) is 10.9. The van der Waals surface area contributed by atoms with Crippen molar-refractivity contribution in [3.63, 3.8) is 0 Å². The Balaban J connectivity index is 1.60. The Kier molecular flexibility index (Phi) is 5.50. The van der Waals surface area contributed by atoms with Gasteiger partial charge in [0.15, 0.2) is 5.79 Å². The van der Waals surface area contributed by atoms with E-state index in [9.17, 15) is 4.79 Å². The highest BCUT2D eigenvalue weighted by atomic mass is 16.7. The third-order valence-corrected chi connectivity index (χ3v) is 9.30. The van der Waals surface area contributed by atoms with Gasteiger partial charge >= 0.3 is 5.97 Å². The van der Waals surface area contributed by atoms with E-state index in [1.807, 2.05) is 6.92 Å². The summed E-state index contributed by atoms with van der Waals surface area (Å²) in [6, 6.07) is 0. The fourth-order valence-electron chi connectivity index (χ4n) is 7.62. The molecule has 4 nitrogen and oxygen atoms in total. The Bertz CT molecular complexity index is 744. The van der Waals surface area contributed by atoms with E-state index in [1.54, 1.807) is 5.57 Å². The van der Waals surface area contributed by atoms with Gasteiger partial charge < -0.3 is 14.2 Å². The average Bonchev–Trinajstić information content (AvgIpc) is 3.17. The molecule has 0 radical (unpaired) electrons. The smallest absolute Gasteiger partial charge is 0.305 e. The highest BCUT2D eigenvalue weighted by Gasteiger charge is 2.66. The van der Waals surface area contributed by atoms with Gasteiger partial charge in [-0.15, -0.1) is 0 Å². The molecular formula is C26H40O4. The van der Waals surface area contributed by atoms with E-state index in [-0.39, 0.29) is 22.2 Å². The van der Waals surface area contributed by atoms with E-state index in [1.165, 1.54) is 5.57 Å². The number of fused-ring (bicyclic) bond motifs is 3. The lowest BCUT2D eigenvalue weighted by Crippen LogP contribution is -2.62. The Morgan fingerprint density at radius 3 is 2.53 bits per heavy atom. The van der Waals surface area contributed by atoms with E-state index in [4.69, 9.17) is 14.2 Å². The van der Waals surface area contributed by atoms with Crippen molar-refractivity contribution in [3.8, 4) is 0 Å². The van der Waals surface area contributed by atoms with E-state index in [0.717, 1.165) is 38.5 Å². The zero-order chi connectivity index (χ0) is 21.8. The van der Waals surface area contributed by atoms with Crippen molar-refractivity contribution in [1.29, 1.82) is 0 Å². The van der Waals surface area contributed by atoms with Gasteiger partial charge in [0.05, 0.1) is 19.8 Å². The van der Waals surface area contributed by atoms with Crippen LogP contribution >= 0.6 is 0 Å². The van der Waals surface area contributed by atoms with Gasteiger partial charge in [-0.1, -0.05) is 51.5 Å². The van der Waals surface area contributed by atoms with Crippen molar-refractivity contribution in [1.82, 2.24) is 0 Å². The van der Waals surface area contributed by atoms with E-state index < -0.39 is 5.79 Å². The topological polar surface area (TPSA) is 44.8 Å². The predicted molar refractivity (Wildman–Crippen MR) is 118 cm³/mol. The van der Waals surface area contributed by atoms with Gasteiger partial charge in [-0.05, 0) is 56.3 Å². The first kappa shape index (κ1) is 22.1. The summed E-state index contributed by atoms with van der Waals surface area (Å²) in [4.78, 5) is 11.9. The number of rotatable bonds is 4. The van der Waals surface area contributed by atoms with Crippen LogP contribution in [0.1, 0.15) is 79.6 Å². The molecule has 1 spiro atoms. The van der Waals surface area contributed by atoms with Crippen molar-refractivity contribution < 1.29 is 19.0 Å². The van der Waals surface area contributed by atoms with Crippen molar-refractivity contribution >= 4 is 5.97 Å². The summed E-state index contributed by atoms with van der Waals surface area (Å²) in [5, 5.41) is 0. The van der Waals surface area contributed by atoms with Gasteiger partial charge in [-0.25, -0.2) is 0 Å². The van der Waals surface area contributed by atoms with Crippen LogP contribution in [0.2, 0.25) is 0 Å². The second-order valence-electron chi connectivity index (χ2n) is 10.9. The molecule has 1 heterocycles. The van der Waals surface area contributed by atoms with Gasteiger partial charge in [0.25, 0.3) is 0 Å². The lowest BCUT2D eigenvalue weighted by Gasteiger charge is -2.65. The molecule has 4 rings (SSSR count). The Hall–Kier alpha value is -1.13. The van der Waals surface area contributed by atoms with Gasteiger partial charge in [0.2, 0.25) is 0 Å². The Morgan fingerprint density at radius 1 is 1.17 bits per heavy atom. The fourth-order valence-corrected chi connectivity index (χ4v) is 7.62. The maximum absolute atomic E-state index is 11.9. The number of carbonyl (C=O) groups excluding carboxylic acids is 1. The zero-order valence-corrected chi connectivity index (χ0v) is 19.6. The van der Waals surface area contributed by atoms with Crippen molar-refractivity contribution in [3.05, 3.63) is 23.8 Å². The Labute approximate surface area is 182 Å².